The van der Waals surface area contributed by atoms with E-state index >= 15 is 0 Å². The van der Waals surface area contributed by atoms with Gasteiger partial charge in [0.05, 0.1) is 4.90 Å². The molecule has 0 saturated carbocycles. The fourth-order valence-corrected chi connectivity index (χ4v) is 4.49. The van der Waals surface area contributed by atoms with Gasteiger partial charge in [-0.1, -0.05) is 19.1 Å². The van der Waals surface area contributed by atoms with E-state index in [1.807, 2.05) is 13.0 Å². The number of sulfonamides is 1. The molecule has 0 amide bonds. The quantitative estimate of drug-likeness (QED) is 0.798. The molecule has 20 heavy (non-hydrogen) atoms. The van der Waals surface area contributed by atoms with Gasteiger partial charge in [-0.25, -0.2) is 8.42 Å². The van der Waals surface area contributed by atoms with Gasteiger partial charge in [-0.15, -0.1) is 11.6 Å². The standard InChI is InChI=1S/C14H21ClN2O2S/c1-3-16-7-9-17(10-8-16)20(18,19)14-6-4-5-13(11-15)12(14)2/h4-6H,3,7-11H2,1-2H3. The summed E-state index contributed by atoms with van der Waals surface area (Å²) in [5.41, 5.74) is 1.64. The van der Waals surface area contributed by atoms with E-state index in [2.05, 4.69) is 11.8 Å². The molecule has 0 aliphatic carbocycles. The van der Waals surface area contributed by atoms with Crippen LogP contribution in [0.2, 0.25) is 0 Å². The van der Waals surface area contributed by atoms with Gasteiger partial charge in [-0.2, -0.15) is 4.31 Å². The third kappa shape index (κ3) is 3.01. The first kappa shape index (κ1) is 15.8. The van der Waals surface area contributed by atoms with Crippen molar-refractivity contribution in [2.24, 2.45) is 0 Å². The van der Waals surface area contributed by atoms with Crippen LogP contribution in [0.1, 0.15) is 18.1 Å². The van der Waals surface area contributed by atoms with Crippen LogP contribution in [0, 0.1) is 6.92 Å². The Bertz CT molecular complexity index is 567. The first-order valence-electron chi connectivity index (χ1n) is 6.87. The summed E-state index contributed by atoms with van der Waals surface area (Å²) in [6, 6.07) is 5.31. The summed E-state index contributed by atoms with van der Waals surface area (Å²) in [5.74, 6) is 0.332. The second-order valence-corrected chi connectivity index (χ2v) is 7.19. The Morgan fingerprint density at radius 3 is 2.40 bits per heavy atom. The van der Waals surface area contributed by atoms with Crippen molar-refractivity contribution >= 4 is 21.6 Å². The Kier molecular flexibility index (Phi) is 5.07. The Balaban J connectivity index is 2.27. The molecule has 1 aromatic carbocycles. The maximum absolute atomic E-state index is 12.7. The maximum Gasteiger partial charge on any atom is 0.243 e. The Labute approximate surface area is 126 Å². The smallest absolute Gasteiger partial charge is 0.243 e. The van der Waals surface area contributed by atoms with E-state index in [0.29, 0.717) is 23.9 Å². The normalized spacial score (nSPS) is 18.4. The topological polar surface area (TPSA) is 40.6 Å². The number of hydrogen-bond donors (Lipinski definition) is 0. The lowest BCUT2D eigenvalue weighted by Gasteiger charge is -2.33. The number of likely N-dealkylation sites (N-methyl/N-ethyl adjacent to an activating group) is 1. The Morgan fingerprint density at radius 2 is 1.85 bits per heavy atom. The van der Waals surface area contributed by atoms with Crippen LogP contribution in [-0.2, 0) is 15.9 Å². The molecule has 4 nitrogen and oxygen atoms in total. The van der Waals surface area contributed by atoms with E-state index in [4.69, 9.17) is 11.6 Å². The van der Waals surface area contributed by atoms with E-state index in [1.54, 1.807) is 16.4 Å². The SMILES string of the molecule is CCN1CCN(S(=O)(=O)c2cccc(CCl)c2C)CC1. The molecule has 0 atom stereocenters. The molecule has 0 aromatic heterocycles. The lowest BCUT2D eigenvalue weighted by atomic mass is 10.1. The number of alkyl halides is 1. The summed E-state index contributed by atoms with van der Waals surface area (Å²) in [4.78, 5) is 2.65. The Hall–Kier alpha value is -0.620. The highest BCUT2D eigenvalue weighted by molar-refractivity contribution is 7.89. The van der Waals surface area contributed by atoms with Gasteiger partial charge in [0.2, 0.25) is 10.0 Å². The van der Waals surface area contributed by atoms with Crippen LogP contribution in [-0.4, -0.2) is 50.3 Å². The van der Waals surface area contributed by atoms with Crippen molar-refractivity contribution in [3.63, 3.8) is 0 Å². The van der Waals surface area contributed by atoms with E-state index in [1.165, 1.54) is 0 Å². The van der Waals surface area contributed by atoms with Crippen LogP contribution < -0.4 is 0 Å². The van der Waals surface area contributed by atoms with Crippen LogP contribution in [0.5, 0.6) is 0 Å². The molecule has 0 radical (unpaired) electrons. The van der Waals surface area contributed by atoms with Crippen molar-refractivity contribution in [1.29, 1.82) is 0 Å². The van der Waals surface area contributed by atoms with Crippen LogP contribution >= 0.6 is 11.6 Å². The molecule has 0 unspecified atom stereocenters. The van der Waals surface area contributed by atoms with E-state index in [9.17, 15) is 8.42 Å². The van der Waals surface area contributed by atoms with E-state index in [0.717, 1.165) is 30.8 Å². The largest absolute Gasteiger partial charge is 0.301 e. The number of halogens is 1. The average Bonchev–Trinajstić information content (AvgIpc) is 2.47. The van der Waals surface area contributed by atoms with E-state index < -0.39 is 10.0 Å². The minimum absolute atomic E-state index is 0.332. The van der Waals surface area contributed by atoms with Crippen molar-refractivity contribution in [1.82, 2.24) is 9.21 Å². The van der Waals surface area contributed by atoms with Gasteiger partial charge in [-0.3, -0.25) is 0 Å². The third-order valence-electron chi connectivity index (χ3n) is 3.94. The predicted molar refractivity (Wildman–Crippen MR) is 81.6 cm³/mol. The van der Waals surface area contributed by atoms with Gasteiger partial charge < -0.3 is 4.90 Å². The van der Waals surface area contributed by atoms with Crippen molar-refractivity contribution in [3.05, 3.63) is 29.3 Å². The van der Waals surface area contributed by atoms with Gasteiger partial charge >= 0.3 is 0 Å². The summed E-state index contributed by atoms with van der Waals surface area (Å²) >= 11 is 5.86. The molecule has 6 heteroatoms. The zero-order valence-corrected chi connectivity index (χ0v) is 13.5. The van der Waals surface area contributed by atoms with Crippen molar-refractivity contribution < 1.29 is 8.42 Å². The first-order valence-corrected chi connectivity index (χ1v) is 8.85. The molecule has 1 fully saturated rings. The maximum atomic E-state index is 12.7. The summed E-state index contributed by atoms with van der Waals surface area (Å²) in [6.45, 7) is 7.59. The van der Waals surface area contributed by atoms with Crippen molar-refractivity contribution in [2.75, 3.05) is 32.7 Å². The number of nitrogens with zero attached hydrogens (tertiary/aromatic N) is 2. The predicted octanol–water partition coefficient (Wildman–Crippen LogP) is 2.06. The van der Waals surface area contributed by atoms with Gasteiger partial charge in [0.25, 0.3) is 0 Å². The second-order valence-electron chi connectivity index (χ2n) is 5.01. The first-order chi connectivity index (χ1) is 9.50. The molecular weight excluding hydrogens is 296 g/mol. The molecule has 0 spiro atoms. The van der Waals surface area contributed by atoms with Crippen LogP contribution in [0.15, 0.2) is 23.1 Å². The fourth-order valence-electron chi connectivity index (χ4n) is 2.51. The van der Waals surface area contributed by atoms with Crippen LogP contribution in [0.3, 0.4) is 0 Å². The molecule has 1 aliphatic heterocycles. The molecule has 112 valence electrons. The van der Waals surface area contributed by atoms with Crippen molar-refractivity contribution in [3.8, 4) is 0 Å². The lowest BCUT2D eigenvalue weighted by Crippen LogP contribution is -2.48. The van der Waals surface area contributed by atoms with Gasteiger partial charge in [0, 0.05) is 32.1 Å². The van der Waals surface area contributed by atoms with Gasteiger partial charge in [0.15, 0.2) is 0 Å². The second kappa shape index (κ2) is 6.43. The molecule has 0 bridgehead atoms. The summed E-state index contributed by atoms with van der Waals surface area (Å²) in [5, 5.41) is 0. The van der Waals surface area contributed by atoms with Crippen LogP contribution in [0.25, 0.3) is 0 Å². The van der Waals surface area contributed by atoms with Gasteiger partial charge in [0.1, 0.15) is 0 Å². The molecule has 1 aromatic rings. The molecule has 2 rings (SSSR count). The zero-order valence-electron chi connectivity index (χ0n) is 12.0. The lowest BCUT2D eigenvalue weighted by molar-refractivity contribution is 0.196. The molecule has 0 N–H and O–H groups in total. The monoisotopic (exact) mass is 316 g/mol. The summed E-state index contributed by atoms with van der Waals surface area (Å²) < 4.78 is 27.1. The zero-order chi connectivity index (χ0) is 14.8. The minimum atomic E-state index is -3.41. The number of benzene rings is 1. The number of piperazine rings is 1. The molecule has 1 saturated heterocycles. The summed E-state index contributed by atoms with van der Waals surface area (Å²) in [6.07, 6.45) is 0. The molecule has 1 heterocycles. The van der Waals surface area contributed by atoms with Crippen molar-refractivity contribution in [2.45, 2.75) is 24.6 Å². The average molecular weight is 317 g/mol. The third-order valence-corrected chi connectivity index (χ3v) is 6.27. The molecule has 1 aliphatic rings. The Morgan fingerprint density at radius 1 is 1.20 bits per heavy atom. The fraction of sp³-hybridized carbons (Fsp3) is 0.571. The summed E-state index contributed by atoms with van der Waals surface area (Å²) in [7, 11) is -3.41. The van der Waals surface area contributed by atoms with Gasteiger partial charge in [-0.05, 0) is 30.7 Å². The number of hydrogen-bond acceptors (Lipinski definition) is 3. The van der Waals surface area contributed by atoms with E-state index in [-0.39, 0.29) is 0 Å². The minimum Gasteiger partial charge on any atom is -0.301 e. The highest BCUT2D eigenvalue weighted by Crippen LogP contribution is 2.24. The highest BCUT2D eigenvalue weighted by atomic mass is 35.5. The highest BCUT2D eigenvalue weighted by Gasteiger charge is 2.29. The number of rotatable bonds is 4. The van der Waals surface area contributed by atoms with Crippen LogP contribution in [0.4, 0.5) is 0 Å². The molecular formula is C14H21ClN2O2S.